The average Bonchev–Trinajstić information content (AvgIpc) is 2.21. The minimum absolute atomic E-state index is 0.143. The number of hydrogen-bond donors (Lipinski definition) is 1. The number of nitrogens with zero attached hydrogens (tertiary/aromatic N) is 1. The molecule has 0 aromatic heterocycles. The zero-order chi connectivity index (χ0) is 13.0. The lowest BCUT2D eigenvalue weighted by Gasteiger charge is -2.14. The van der Waals surface area contributed by atoms with Gasteiger partial charge in [-0.05, 0) is 37.1 Å². The van der Waals surface area contributed by atoms with Gasteiger partial charge in [-0.25, -0.2) is 0 Å². The van der Waals surface area contributed by atoms with Gasteiger partial charge in [-0.2, -0.15) is 0 Å². The van der Waals surface area contributed by atoms with Crippen LogP contribution in [0.4, 0.5) is 5.69 Å². The molecule has 0 unspecified atom stereocenters. The van der Waals surface area contributed by atoms with Crippen LogP contribution in [0.2, 0.25) is 0 Å². The first-order valence-electron chi connectivity index (χ1n) is 5.62. The lowest BCUT2D eigenvalue weighted by Crippen LogP contribution is -2.24. The number of nitrogens with one attached hydrogen (secondary N) is 1. The standard InChI is InChI=1S/C13H19BrN2O/c1-9-7-11(14)8-10(2)13(9)15-6-5-12(17)16(3)4/h7-8,15H,5-6H2,1-4H3. The van der Waals surface area contributed by atoms with E-state index in [4.69, 9.17) is 0 Å². The van der Waals surface area contributed by atoms with Crippen LogP contribution < -0.4 is 5.32 Å². The van der Waals surface area contributed by atoms with Gasteiger partial charge in [-0.1, -0.05) is 15.9 Å². The van der Waals surface area contributed by atoms with E-state index in [9.17, 15) is 4.79 Å². The van der Waals surface area contributed by atoms with Crippen molar-refractivity contribution in [3.63, 3.8) is 0 Å². The maximum absolute atomic E-state index is 11.4. The first kappa shape index (κ1) is 14.0. The third-order valence-corrected chi connectivity index (χ3v) is 3.09. The van der Waals surface area contributed by atoms with Gasteiger partial charge in [0.25, 0.3) is 0 Å². The highest BCUT2D eigenvalue weighted by Gasteiger charge is 2.06. The number of benzene rings is 1. The van der Waals surface area contributed by atoms with Gasteiger partial charge in [0.05, 0.1) is 0 Å². The van der Waals surface area contributed by atoms with Crippen LogP contribution in [-0.4, -0.2) is 31.4 Å². The molecule has 1 aromatic rings. The second kappa shape index (κ2) is 6.05. The van der Waals surface area contributed by atoms with Crippen molar-refractivity contribution >= 4 is 27.5 Å². The third-order valence-electron chi connectivity index (χ3n) is 2.64. The molecule has 0 aliphatic rings. The molecule has 0 spiro atoms. The average molecular weight is 299 g/mol. The summed E-state index contributed by atoms with van der Waals surface area (Å²) in [7, 11) is 3.55. The number of carbonyl (C=O) groups is 1. The molecule has 0 fully saturated rings. The summed E-state index contributed by atoms with van der Waals surface area (Å²) < 4.78 is 1.09. The number of aryl methyl sites for hydroxylation is 2. The monoisotopic (exact) mass is 298 g/mol. The fourth-order valence-corrected chi connectivity index (χ4v) is 2.39. The molecule has 0 saturated heterocycles. The number of anilines is 1. The molecule has 0 saturated carbocycles. The van der Waals surface area contributed by atoms with Crippen molar-refractivity contribution in [3.05, 3.63) is 27.7 Å². The molecule has 0 atom stereocenters. The minimum atomic E-state index is 0.143. The summed E-state index contributed by atoms with van der Waals surface area (Å²) >= 11 is 3.47. The number of hydrogen-bond acceptors (Lipinski definition) is 2. The van der Waals surface area contributed by atoms with Crippen LogP contribution in [0.15, 0.2) is 16.6 Å². The number of halogens is 1. The van der Waals surface area contributed by atoms with Crippen LogP contribution in [0, 0.1) is 13.8 Å². The summed E-state index contributed by atoms with van der Waals surface area (Å²) in [6, 6.07) is 4.15. The molecule has 0 aliphatic carbocycles. The Kier molecular flexibility index (Phi) is 5.00. The Morgan fingerprint density at radius 1 is 1.29 bits per heavy atom. The number of rotatable bonds is 4. The molecule has 1 N–H and O–H groups in total. The summed E-state index contributed by atoms with van der Waals surface area (Å²) in [5.74, 6) is 0.143. The summed E-state index contributed by atoms with van der Waals surface area (Å²) in [6.45, 7) is 4.79. The van der Waals surface area contributed by atoms with Crippen LogP contribution in [-0.2, 0) is 4.79 Å². The normalized spacial score (nSPS) is 10.2. The van der Waals surface area contributed by atoms with E-state index in [0.717, 1.165) is 10.2 Å². The van der Waals surface area contributed by atoms with Crippen molar-refractivity contribution in [3.8, 4) is 0 Å². The molecule has 1 rings (SSSR count). The lowest BCUT2D eigenvalue weighted by molar-refractivity contribution is -0.128. The number of amides is 1. The first-order chi connectivity index (χ1) is 7.91. The van der Waals surface area contributed by atoms with Crippen LogP contribution in [0.5, 0.6) is 0 Å². The van der Waals surface area contributed by atoms with Gasteiger partial charge >= 0.3 is 0 Å². The van der Waals surface area contributed by atoms with Gasteiger partial charge < -0.3 is 10.2 Å². The van der Waals surface area contributed by atoms with E-state index in [0.29, 0.717) is 13.0 Å². The van der Waals surface area contributed by atoms with E-state index in [1.54, 1.807) is 19.0 Å². The molecule has 1 amide bonds. The molecule has 94 valence electrons. The first-order valence-corrected chi connectivity index (χ1v) is 6.42. The van der Waals surface area contributed by atoms with Crippen molar-refractivity contribution in [2.24, 2.45) is 0 Å². The Bertz CT molecular complexity index is 393. The minimum Gasteiger partial charge on any atom is -0.384 e. The van der Waals surface area contributed by atoms with E-state index >= 15 is 0 Å². The second-order valence-corrected chi connectivity index (χ2v) is 5.30. The molecule has 0 bridgehead atoms. The van der Waals surface area contributed by atoms with Crippen LogP contribution in [0.25, 0.3) is 0 Å². The van der Waals surface area contributed by atoms with Gasteiger partial charge in [-0.3, -0.25) is 4.79 Å². The smallest absolute Gasteiger partial charge is 0.223 e. The van der Waals surface area contributed by atoms with Crippen molar-refractivity contribution in [1.29, 1.82) is 0 Å². The van der Waals surface area contributed by atoms with E-state index in [-0.39, 0.29) is 5.91 Å². The molecule has 17 heavy (non-hydrogen) atoms. The van der Waals surface area contributed by atoms with Gasteiger partial charge in [-0.15, -0.1) is 0 Å². The second-order valence-electron chi connectivity index (χ2n) is 4.38. The third kappa shape index (κ3) is 4.04. The van der Waals surface area contributed by atoms with E-state index in [1.807, 2.05) is 0 Å². The van der Waals surface area contributed by atoms with Crippen LogP contribution in [0.3, 0.4) is 0 Å². The molecular formula is C13H19BrN2O. The van der Waals surface area contributed by atoms with Gasteiger partial charge in [0.1, 0.15) is 0 Å². The molecule has 0 aliphatic heterocycles. The Labute approximate surface area is 111 Å². The fraction of sp³-hybridized carbons (Fsp3) is 0.462. The van der Waals surface area contributed by atoms with Gasteiger partial charge in [0, 0.05) is 37.2 Å². The van der Waals surface area contributed by atoms with Crippen LogP contribution in [0.1, 0.15) is 17.5 Å². The zero-order valence-electron chi connectivity index (χ0n) is 10.8. The molecule has 1 aromatic carbocycles. The Morgan fingerprint density at radius 3 is 2.29 bits per heavy atom. The Balaban J connectivity index is 2.61. The highest BCUT2D eigenvalue weighted by molar-refractivity contribution is 9.10. The lowest BCUT2D eigenvalue weighted by atomic mass is 10.1. The Hall–Kier alpha value is -1.03. The zero-order valence-corrected chi connectivity index (χ0v) is 12.4. The van der Waals surface area contributed by atoms with Crippen LogP contribution >= 0.6 is 15.9 Å². The van der Waals surface area contributed by atoms with Gasteiger partial charge in [0.15, 0.2) is 0 Å². The van der Waals surface area contributed by atoms with E-state index < -0.39 is 0 Å². The predicted molar refractivity (Wildman–Crippen MR) is 75.4 cm³/mol. The summed E-state index contributed by atoms with van der Waals surface area (Å²) in [6.07, 6.45) is 0.516. The predicted octanol–water partition coefficient (Wildman–Crippen LogP) is 2.96. The quantitative estimate of drug-likeness (QED) is 0.927. The molecular weight excluding hydrogens is 280 g/mol. The molecule has 4 heteroatoms. The summed E-state index contributed by atoms with van der Waals surface area (Å²) in [5, 5.41) is 3.33. The van der Waals surface area contributed by atoms with E-state index in [2.05, 4.69) is 47.2 Å². The van der Waals surface area contributed by atoms with Crippen molar-refractivity contribution in [2.45, 2.75) is 20.3 Å². The molecule has 0 radical (unpaired) electrons. The fourth-order valence-electron chi connectivity index (χ4n) is 1.71. The topological polar surface area (TPSA) is 32.3 Å². The maximum Gasteiger partial charge on any atom is 0.223 e. The Morgan fingerprint density at radius 2 is 1.82 bits per heavy atom. The van der Waals surface area contributed by atoms with Crippen molar-refractivity contribution in [2.75, 3.05) is 26.0 Å². The molecule has 3 nitrogen and oxygen atoms in total. The van der Waals surface area contributed by atoms with E-state index in [1.165, 1.54) is 11.1 Å². The van der Waals surface area contributed by atoms with Gasteiger partial charge in [0.2, 0.25) is 5.91 Å². The van der Waals surface area contributed by atoms with Crippen molar-refractivity contribution in [1.82, 2.24) is 4.90 Å². The number of carbonyl (C=O) groups excluding carboxylic acids is 1. The largest absolute Gasteiger partial charge is 0.384 e. The SMILES string of the molecule is Cc1cc(Br)cc(C)c1NCCC(=O)N(C)C. The van der Waals surface area contributed by atoms with Crippen molar-refractivity contribution < 1.29 is 4.79 Å². The summed E-state index contributed by atoms with van der Waals surface area (Å²) in [4.78, 5) is 13.0. The maximum atomic E-state index is 11.4. The highest BCUT2D eigenvalue weighted by Crippen LogP contribution is 2.24. The molecule has 0 heterocycles. The summed E-state index contributed by atoms with van der Waals surface area (Å²) in [5.41, 5.74) is 3.50. The highest BCUT2D eigenvalue weighted by atomic mass is 79.9.